The zero-order valence-corrected chi connectivity index (χ0v) is 20.9. The second-order valence-electron chi connectivity index (χ2n) is 8.53. The van der Waals surface area contributed by atoms with Crippen molar-refractivity contribution in [3.8, 4) is 0 Å². The van der Waals surface area contributed by atoms with E-state index in [2.05, 4.69) is 27.3 Å². The highest BCUT2D eigenvalue weighted by Crippen LogP contribution is 2.29. The number of carbonyl (C=O) groups excluding carboxylic acids is 2. The molecule has 2 aliphatic heterocycles. The third-order valence-corrected chi connectivity index (χ3v) is 6.57. The van der Waals surface area contributed by atoms with E-state index >= 15 is 0 Å². The molecule has 0 bridgehead atoms. The fourth-order valence-electron chi connectivity index (χ4n) is 4.21. The first-order valence-corrected chi connectivity index (χ1v) is 12.4. The van der Waals surface area contributed by atoms with Gasteiger partial charge in [-0.3, -0.25) is 9.59 Å². The van der Waals surface area contributed by atoms with Gasteiger partial charge >= 0.3 is 6.09 Å². The van der Waals surface area contributed by atoms with Gasteiger partial charge in [0.15, 0.2) is 12.0 Å². The summed E-state index contributed by atoms with van der Waals surface area (Å²) in [4.78, 5) is 38.7. The number of halogens is 1. The number of benzene rings is 1. The average Bonchev–Trinajstić information content (AvgIpc) is 3.28. The first kappa shape index (κ1) is 23.9. The SMILES string of the molecule is O=C(CCn1c(=O)ccc2ccc(Br)cc21)NC[C@@H]1CN(C2=COC=C(C3=CC=CCC3)O2)C(=O)O1. The lowest BCUT2D eigenvalue weighted by atomic mass is 10.0. The molecule has 1 N–H and O–H groups in total. The summed E-state index contributed by atoms with van der Waals surface area (Å²) in [5.41, 5.74) is 1.56. The van der Waals surface area contributed by atoms with Gasteiger partial charge in [-0.05, 0) is 42.0 Å². The molecule has 3 aliphatic rings. The third-order valence-electron chi connectivity index (χ3n) is 6.07. The molecule has 0 spiro atoms. The van der Waals surface area contributed by atoms with E-state index in [1.54, 1.807) is 10.6 Å². The van der Waals surface area contributed by atoms with E-state index in [0.29, 0.717) is 5.76 Å². The fraction of sp³-hybridized carbons (Fsp3) is 0.269. The lowest BCUT2D eigenvalue weighted by Crippen LogP contribution is -2.35. The van der Waals surface area contributed by atoms with Crippen LogP contribution in [0.3, 0.4) is 0 Å². The fourth-order valence-corrected chi connectivity index (χ4v) is 4.56. The number of cyclic esters (lactones) is 1. The van der Waals surface area contributed by atoms with Crippen LogP contribution in [0, 0.1) is 0 Å². The second kappa shape index (κ2) is 10.4. The van der Waals surface area contributed by atoms with Crippen molar-refractivity contribution in [1.29, 1.82) is 0 Å². The smallest absolute Gasteiger partial charge is 0.417 e. The van der Waals surface area contributed by atoms with Crippen LogP contribution in [0.1, 0.15) is 19.3 Å². The molecule has 0 unspecified atom stereocenters. The molecule has 1 aromatic carbocycles. The maximum Gasteiger partial charge on any atom is 0.417 e. The molecule has 186 valence electrons. The molecule has 1 atom stereocenters. The number of fused-ring (bicyclic) bond motifs is 1. The predicted octanol–water partition coefficient (Wildman–Crippen LogP) is 4.05. The van der Waals surface area contributed by atoms with Crippen LogP contribution < -0.4 is 10.9 Å². The molecular formula is C26H24BrN3O6. The van der Waals surface area contributed by atoms with Gasteiger partial charge in [0, 0.05) is 23.5 Å². The van der Waals surface area contributed by atoms with Crippen LogP contribution in [-0.4, -0.2) is 40.7 Å². The van der Waals surface area contributed by atoms with Crippen LogP contribution in [0.2, 0.25) is 0 Å². The number of pyridine rings is 1. The van der Waals surface area contributed by atoms with E-state index in [9.17, 15) is 14.4 Å². The molecule has 2 amide bonds. The number of ether oxygens (including phenoxy) is 3. The van der Waals surface area contributed by atoms with Crippen LogP contribution in [-0.2, 0) is 25.5 Å². The van der Waals surface area contributed by atoms with Crippen LogP contribution >= 0.6 is 15.9 Å². The minimum Gasteiger partial charge on any atom is -0.463 e. The third kappa shape index (κ3) is 5.23. The van der Waals surface area contributed by atoms with Crippen LogP contribution in [0.5, 0.6) is 0 Å². The van der Waals surface area contributed by atoms with Crippen LogP contribution in [0.15, 0.2) is 87.6 Å². The number of rotatable bonds is 7. The molecule has 1 fully saturated rings. The number of nitrogens with zero attached hydrogens (tertiary/aromatic N) is 2. The first-order valence-electron chi connectivity index (χ1n) is 11.6. The van der Waals surface area contributed by atoms with Gasteiger partial charge in [-0.25, -0.2) is 9.69 Å². The molecule has 36 heavy (non-hydrogen) atoms. The lowest BCUT2D eigenvalue weighted by molar-refractivity contribution is -0.121. The topological polar surface area (TPSA) is 99.1 Å². The minimum atomic E-state index is -0.573. The molecule has 5 rings (SSSR count). The summed E-state index contributed by atoms with van der Waals surface area (Å²) in [5, 5.41) is 3.70. The molecule has 0 saturated carbocycles. The lowest BCUT2D eigenvalue weighted by Gasteiger charge is -2.23. The Balaban J connectivity index is 1.14. The van der Waals surface area contributed by atoms with E-state index in [1.807, 2.05) is 30.4 Å². The number of nitrogens with one attached hydrogen (secondary N) is 1. The summed E-state index contributed by atoms with van der Waals surface area (Å²) < 4.78 is 19.1. The van der Waals surface area contributed by atoms with Gasteiger partial charge < -0.3 is 24.1 Å². The second-order valence-corrected chi connectivity index (χ2v) is 9.45. The monoisotopic (exact) mass is 553 g/mol. The Hall–Kier alpha value is -3.79. The van der Waals surface area contributed by atoms with Crippen molar-refractivity contribution in [1.82, 2.24) is 14.8 Å². The summed E-state index contributed by atoms with van der Waals surface area (Å²) in [7, 11) is 0. The maximum absolute atomic E-state index is 12.5. The molecule has 1 aromatic heterocycles. The molecule has 0 radical (unpaired) electrons. The largest absolute Gasteiger partial charge is 0.463 e. The quantitative estimate of drug-likeness (QED) is 0.555. The van der Waals surface area contributed by atoms with E-state index < -0.39 is 12.2 Å². The highest BCUT2D eigenvalue weighted by Gasteiger charge is 2.36. The summed E-state index contributed by atoms with van der Waals surface area (Å²) in [6.07, 6.45) is 9.55. The highest BCUT2D eigenvalue weighted by molar-refractivity contribution is 9.10. The summed E-state index contributed by atoms with van der Waals surface area (Å²) in [6, 6.07) is 8.93. The zero-order valence-electron chi connectivity index (χ0n) is 19.3. The van der Waals surface area contributed by atoms with Crippen molar-refractivity contribution in [2.24, 2.45) is 0 Å². The summed E-state index contributed by atoms with van der Waals surface area (Å²) in [6.45, 7) is 0.578. The number of carbonyl (C=O) groups is 2. The Bertz CT molecular complexity index is 1390. The Kier molecular flexibility index (Phi) is 6.95. The van der Waals surface area contributed by atoms with Crippen molar-refractivity contribution < 1.29 is 23.8 Å². The molecule has 3 heterocycles. The van der Waals surface area contributed by atoms with Crippen molar-refractivity contribution in [2.75, 3.05) is 13.1 Å². The highest BCUT2D eigenvalue weighted by atomic mass is 79.9. The first-order chi connectivity index (χ1) is 17.5. The number of aromatic nitrogens is 1. The number of hydrogen-bond donors (Lipinski definition) is 1. The number of amides is 2. The van der Waals surface area contributed by atoms with Crippen molar-refractivity contribution in [3.05, 3.63) is 93.1 Å². The van der Waals surface area contributed by atoms with Gasteiger partial charge in [0.05, 0.1) is 18.6 Å². The Labute approximate surface area is 215 Å². The Morgan fingerprint density at radius 3 is 2.86 bits per heavy atom. The van der Waals surface area contributed by atoms with E-state index in [-0.39, 0.29) is 43.4 Å². The maximum atomic E-state index is 12.5. The Morgan fingerprint density at radius 1 is 1.17 bits per heavy atom. The Morgan fingerprint density at radius 2 is 2.03 bits per heavy atom. The minimum absolute atomic E-state index is 0.107. The normalized spacial score (nSPS) is 19.1. The molecule has 2 aromatic rings. The number of aryl methyl sites for hydroxylation is 1. The van der Waals surface area contributed by atoms with Crippen LogP contribution in [0.25, 0.3) is 10.9 Å². The predicted molar refractivity (Wildman–Crippen MR) is 135 cm³/mol. The van der Waals surface area contributed by atoms with E-state index in [1.165, 1.54) is 23.5 Å². The van der Waals surface area contributed by atoms with Crippen LogP contribution in [0.4, 0.5) is 4.79 Å². The standard InChI is InChI=1S/C26H24BrN3O6/c27-19-8-6-17-7-9-24(32)29(21(17)12-19)11-10-23(31)28-13-20-14-30(26(33)35-20)25-16-34-15-22(36-25)18-4-2-1-3-5-18/h1-2,4,6-9,12,15-16,20H,3,5,10-11,13-14H2,(H,28,31)/t20-/m1/s1. The molecule has 10 heteroatoms. The molecular weight excluding hydrogens is 530 g/mol. The van der Waals surface area contributed by atoms with E-state index in [0.717, 1.165) is 33.8 Å². The average molecular weight is 554 g/mol. The van der Waals surface area contributed by atoms with Gasteiger partial charge in [-0.15, -0.1) is 0 Å². The van der Waals surface area contributed by atoms with Gasteiger partial charge in [0.2, 0.25) is 11.8 Å². The summed E-state index contributed by atoms with van der Waals surface area (Å²) in [5.74, 6) is 0.544. The van der Waals surface area contributed by atoms with Crippen molar-refractivity contribution in [3.63, 3.8) is 0 Å². The van der Waals surface area contributed by atoms with Gasteiger partial charge in [0.25, 0.3) is 5.56 Å². The summed E-state index contributed by atoms with van der Waals surface area (Å²) >= 11 is 3.43. The molecule has 1 aliphatic carbocycles. The van der Waals surface area contributed by atoms with Crippen molar-refractivity contribution >= 4 is 38.8 Å². The number of hydrogen-bond acceptors (Lipinski definition) is 6. The number of allylic oxidation sites excluding steroid dienone is 4. The van der Waals surface area contributed by atoms with Gasteiger partial charge in [-0.2, -0.15) is 0 Å². The van der Waals surface area contributed by atoms with Gasteiger partial charge in [0.1, 0.15) is 12.4 Å². The molecule has 1 saturated heterocycles. The van der Waals surface area contributed by atoms with E-state index in [4.69, 9.17) is 14.2 Å². The zero-order chi connectivity index (χ0) is 25.1. The van der Waals surface area contributed by atoms with Crippen molar-refractivity contribution in [2.45, 2.75) is 31.9 Å². The van der Waals surface area contributed by atoms with Gasteiger partial charge in [-0.1, -0.05) is 40.2 Å². The molecule has 9 nitrogen and oxygen atoms in total.